The molecule has 122 valence electrons. The van der Waals surface area contributed by atoms with Crippen molar-refractivity contribution in [2.45, 2.75) is 6.54 Å². The number of carbonyl (C=O) groups excluding carboxylic acids is 1. The Bertz CT molecular complexity index is 677. The van der Waals surface area contributed by atoms with Crippen molar-refractivity contribution >= 4 is 11.6 Å². The molecule has 1 aromatic carbocycles. The van der Waals surface area contributed by atoms with E-state index in [0.717, 1.165) is 31.9 Å². The van der Waals surface area contributed by atoms with Crippen LogP contribution in [0.1, 0.15) is 16.1 Å². The van der Waals surface area contributed by atoms with Crippen LogP contribution in [0.3, 0.4) is 0 Å². The van der Waals surface area contributed by atoms with Gasteiger partial charge in [-0.05, 0) is 11.6 Å². The monoisotopic (exact) mass is 314 g/mol. The van der Waals surface area contributed by atoms with Gasteiger partial charge < -0.3 is 19.1 Å². The molecule has 2 aromatic rings. The van der Waals surface area contributed by atoms with Crippen LogP contribution >= 0.6 is 0 Å². The van der Waals surface area contributed by atoms with Crippen LogP contribution in [-0.4, -0.2) is 53.7 Å². The molecule has 0 N–H and O–H groups in total. The van der Waals surface area contributed by atoms with Gasteiger partial charge in [0.25, 0.3) is 5.91 Å². The first kappa shape index (κ1) is 15.6. The van der Waals surface area contributed by atoms with Gasteiger partial charge in [0.05, 0.1) is 19.5 Å². The van der Waals surface area contributed by atoms with Gasteiger partial charge in [-0.15, -0.1) is 0 Å². The molecule has 0 radical (unpaired) electrons. The molecule has 0 unspecified atom stereocenters. The number of aryl methyl sites for hydroxylation is 1. The Morgan fingerprint density at radius 3 is 2.74 bits per heavy atom. The van der Waals surface area contributed by atoms with E-state index in [1.807, 2.05) is 26.2 Å². The normalized spacial score (nSPS) is 14.8. The number of aromatic nitrogens is 2. The van der Waals surface area contributed by atoms with Crippen molar-refractivity contribution < 1.29 is 9.53 Å². The molecule has 0 atom stereocenters. The van der Waals surface area contributed by atoms with E-state index in [-0.39, 0.29) is 5.91 Å². The summed E-state index contributed by atoms with van der Waals surface area (Å²) < 4.78 is 7.20. The fourth-order valence-corrected chi connectivity index (χ4v) is 2.80. The molecule has 1 fully saturated rings. The second-order valence-corrected chi connectivity index (χ2v) is 5.81. The van der Waals surface area contributed by atoms with E-state index < -0.39 is 0 Å². The Hall–Kier alpha value is -2.34. The number of carbonyl (C=O) groups is 1. The average molecular weight is 314 g/mol. The lowest BCUT2D eigenvalue weighted by atomic mass is 10.1. The van der Waals surface area contributed by atoms with Crippen LogP contribution in [0.25, 0.3) is 0 Å². The fourth-order valence-electron chi connectivity index (χ4n) is 2.80. The summed E-state index contributed by atoms with van der Waals surface area (Å²) in [5, 5.41) is 0. The highest BCUT2D eigenvalue weighted by Crippen LogP contribution is 2.23. The molecular weight excluding hydrogens is 292 g/mol. The Kier molecular flexibility index (Phi) is 4.62. The lowest BCUT2D eigenvalue weighted by molar-refractivity contribution is 0.0779. The molecule has 0 bridgehead atoms. The lowest BCUT2D eigenvalue weighted by Crippen LogP contribution is -2.37. The van der Waals surface area contributed by atoms with Gasteiger partial charge in [0.15, 0.2) is 0 Å². The SMILES string of the molecule is CN(Cc1ccccc1N1CCOCC1)C(=O)c1cn(C)cn1. The van der Waals surface area contributed by atoms with Crippen LogP contribution in [0, 0.1) is 0 Å². The zero-order chi connectivity index (χ0) is 16.2. The topological polar surface area (TPSA) is 50.6 Å². The van der Waals surface area contributed by atoms with Gasteiger partial charge in [0, 0.05) is 45.6 Å². The molecule has 1 amide bonds. The van der Waals surface area contributed by atoms with Crippen LogP contribution in [0.5, 0.6) is 0 Å². The number of ether oxygens (including phenoxy) is 1. The van der Waals surface area contributed by atoms with Gasteiger partial charge in [-0.25, -0.2) is 4.98 Å². The zero-order valence-corrected chi connectivity index (χ0v) is 13.6. The Morgan fingerprint density at radius 2 is 2.04 bits per heavy atom. The molecule has 1 aliphatic heterocycles. The van der Waals surface area contributed by atoms with E-state index in [1.54, 1.807) is 22.0 Å². The predicted octanol–water partition coefficient (Wildman–Crippen LogP) is 1.53. The summed E-state index contributed by atoms with van der Waals surface area (Å²) in [7, 11) is 3.67. The Morgan fingerprint density at radius 1 is 1.30 bits per heavy atom. The number of rotatable bonds is 4. The highest BCUT2D eigenvalue weighted by molar-refractivity contribution is 5.91. The minimum Gasteiger partial charge on any atom is -0.378 e. The maximum Gasteiger partial charge on any atom is 0.274 e. The highest BCUT2D eigenvalue weighted by Gasteiger charge is 2.18. The second-order valence-electron chi connectivity index (χ2n) is 5.81. The first-order chi connectivity index (χ1) is 11.1. The van der Waals surface area contributed by atoms with Gasteiger partial charge in [-0.2, -0.15) is 0 Å². The van der Waals surface area contributed by atoms with Crippen molar-refractivity contribution in [2.24, 2.45) is 7.05 Å². The van der Waals surface area contributed by atoms with Crippen molar-refractivity contribution in [2.75, 3.05) is 38.3 Å². The maximum absolute atomic E-state index is 12.5. The van der Waals surface area contributed by atoms with Gasteiger partial charge in [0.2, 0.25) is 0 Å². The number of hydrogen-bond acceptors (Lipinski definition) is 4. The minimum atomic E-state index is -0.0672. The number of para-hydroxylation sites is 1. The van der Waals surface area contributed by atoms with Gasteiger partial charge >= 0.3 is 0 Å². The lowest BCUT2D eigenvalue weighted by Gasteiger charge is -2.31. The number of nitrogens with zero attached hydrogens (tertiary/aromatic N) is 4. The molecular formula is C17H22N4O2. The predicted molar refractivity (Wildman–Crippen MR) is 88.5 cm³/mol. The van der Waals surface area contributed by atoms with Crippen LogP contribution in [0.2, 0.25) is 0 Å². The third-order valence-corrected chi connectivity index (χ3v) is 4.02. The molecule has 0 aliphatic carbocycles. The number of benzene rings is 1. The molecule has 6 heteroatoms. The van der Waals surface area contributed by atoms with Crippen molar-refractivity contribution in [3.8, 4) is 0 Å². The molecule has 1 saturated heterocycles. The van der Waals surface area contributed by atoms with E-state index in [0.29, 0.717) is 12.2 Å². The molecule has 3 rings (SSSR count). The number of morpholine rings is 1. The number of hydrogen-bond donors (Lipinski definition) is 0. The van der Waals surface area contributed by atoms with E-state index >= 15 is 0 Å². The summed E-state index contributed by atoms with van der Waals surface area (Å²) in [5.41, 5.74) is 2.79. The minimum absolute atomic E-state index is 0.0672. The van der Waals surface area contributed by atoms with Gasteiger partial charge in [-0.3, -0.25) is 4.79 Å². The Labute approximate surface area is 136 Å². The molecule has 23 heavy (non-hydrogen) atoms. The summed E-state index contributed by atoms with van der Waals surface area (Å²) >= 11 is 0. The van der Waals surface area contributed by atoms with Crippen molar-refractivity contribution in [3.05, 3.63) is 48.0 Å². The van der Waals surface area contributed by atoms with Crippen LogP contribution in [0.4, 0.5) is 5.69 Å². The second kappa shape index (κ2) is 6.83. The van der Waals surface area contributed by atoms with E-state index in [4.69, 9.17) is 4.74 Å². The first-order valence-corrected chi connectivity index (χ1v) is 7.79. The van der Waals surface area contributed by atoms with Crippen molar-refractivity contribution in [1.29, 1.82) is 0 Å². The van der Waals surface area contributed by atoms with E-state index in [1.165, 1.54) is 5.69 Å². The van der Waals surface area contributed by atoms with Crippen LogP contribution < -0.4 is 4.90 Å². The molecule has 0 spiro atoms. The van der Waals surface area contributed by atoms with Crippen molar-refractivity contribution in [1.82, 2.24) is 14.5 Å². The molecule has 0 saturated carbocycles. The smallest absolute Gasteiger partial charge is 0.274 e. The summed E-state index contributed by atoms with van der Waals surface area (Å²) in [6.45, 7) is 3.82. The average Bonchev–Trinajstić information content (AvgIpc) is 3.02. The first-order valence-electron chi connectivity index (χ1n) is 7.79. The van der Waals surface area contributed by atoms with Crippen molar-refractivity contribution in [3.63, 3.8) is 0 Å². The zero-order valence-electron chi connectivity index (χ0n) is 13.6. The number of imidazole rings is 1. The number of amides is 1. The quantitative estimate of drug-likeness (QED) is 0.859. The van der Waals surface area contributed by atoms with Crippen LogP contribution in [0.15, 0.2) is 36.8 Å². The third-order valence-electron chi connectivity index (χ3n) is 4.02. The largest absolute Gasteiger partial charge is 0.378 e. The molecule has 1 aliphatic rings. The van der Waals surface area contributed by atoms with E-state index in [2.05, 4.69) is 22.0 Å². The van der Waals surface area contributed by atoms with Crippen LogP contribution in [-0.2, 0) is 18.3 Å². The van der Waals surface area contributed by atoms with Gasteiger partial charge in [-0.1, -0.05) is 18.2 Å². The Balaban J connectivity index is 1.75. The standard InChI is InChI=1S/C17H22N4O2/c1-19-12-15(18-13-19)17(22)20(2)11-14-5-3-4-6-16(14)21-7-9-23-10-8-21/h3-6,12-13H,7-11H2,1-2H3. The summed E-state index contributed by atoms with van der Waals surface area (Å²) in [4.78, 5) is 20.6. The summed E-state index contributed by atoms with van der Waals surface area (Å²) in [6, 6.07) is 8.24. The highest BCUT2D eigenvalue weighted by atomic mass is 16.5. The summed E-state index contributed by atoms with van der Waals surface area (Å²) in [6.07, 6.45) is 3.38. The molecule has 6 nitrogen and oxygen atoms in total. The fraction of sp³-hybridized carbons (Fsp3) is 0.412. The maximum atomic E-state index is 12.5. The molecule has 2 heterocycles. The van der Waals surface area contributed by atoms with E-state index in [9.17, 15) is 4.79 Å². The third kappa shape index (κ3) is 3.53. The molecule has 1 aromatic heterocycles. The van der Waals surface area contributed by atoms with Gasteiger partial charge in [0.1, 0.15) is 5.69 Å². The number of anilines is 1. The summed E-state index contributed by atoms with van der Waals surface area (Å²) in [5.74, 6) is -0.0672.